The van der Waals surface area contributed by atoms with Crippen LogP contribution in [0.25, 0.3) is 0 Å². The monoisotopic (exact) mass is 549 g/mol. The number of benzene rings is 1. The van der Waals surface area contributed by atoms with Gasteiger partial charge in [0.2, 0.25) is 10.0 Å². The third kappa shape index (κ3) is 6.55. The summed E-state index contributed by atoms with van der Waals surface area (Å²) < 4.78 is 35.8. The maximum atomic E-state index is 13.6. The van der Waals surface area contributed by atoms with Crippen LogP contribution in [0.4, 0.5) is 5.69 Å². The number of anilines is 1. The number of sulfonamides is 1. The SMILES string of the molecule is CCCOc1ccc(S(=O)(=O)N2CCN(CCO)CC2)cc1C(=O)Nc1c(CCC)cn(CC)c1C(N)=O. The maximum Gasteiger partial charge on any atom is 0.267 e. The van der Waals surface area contributed by atoms with Crippen molar-refractivity contribution in [1.82, 2.24) is 13.8 Å². The van der Waals surface area contributed by atoms with Gasteiger partial charge in [0, 0.05) is 45.5 Å². The van der Waals surface area contributed by atoms with Crippen molar-refractivity contribution in [3.8, 4) is 5.75 Å². The molecule has 0 saturated carbocycles. The Hall–Kier alpha value is -2.93. The number of β-amino-alcohol motifs (C(OH)–C–C–N with tert-alkyl or cyclic N) is 1. The number of piperazine rings is 1. The minimum Gasteiger partial charge on any atom is -0.493 e. The molecule has 2 amide bonds. The number of carbonyl (C=O) groups is 2. The Kier molecular flexibility index (Phi) is 10.3. The number of ether oxygens (including phenoxy) is 1. The summed E-state index contributed by atoms with van der Waals surface area (Å²) in [5.41, 5.74) is 7.03. The lowest BCUT2D eigenvalue weighted by molar-refractivity contribution is 0.0992. The highest BCUT2D eigenvalue weighted by Crippen LogP contribution is 2.30. The van der Waals surface area contributed by atoms with Gasteiger partial charge in [0.1, 0.15) is 11.4 Å². The molecule has 0 spiro atoms. The van der Waals surface area contributed by atoms with E-state index >= 15 is 0 Å². The Balaban J connectivity index is 1.98. The van der Waals surface area contributed by atoms with Crippen LogP contribution in [0.2, 0.25) is 0 Å². The van der Waals surface area contributed by atoms with Gasteiger partial charge in [-0.25, -0.2) is 8.42 Å². The Morgan fingerprint density at radius 3 is 2.39 bits per heavy atom. The van der Waals surface area contributed by atoms with Crippen molar-refractivity contribution in [2.75, 3.05) is 51.3 Å². The largest absolute Gasteiger partial charge is 0.493 e. The van der Waals surface area contributed by atoms with Crippen LogP contribution in [0.3, 0.4) is 0 Å². The van der Waals surface area contributed by atoms with Gasteiger partial charge in [-0.3, -0.25) is 14.5 Å². The molecule has 12 heteroatoms. The Morgan fingerprint density at radius 1 is 1.11 bits per heavy atom. The van der Waals surface area contributed by atoms with Gasteiger partial charge in [-0.1, -0.05) is 20.3 Å². The number of nitrogens with two attached hydrogens (primary N) is 1. The van der Waals surface area contributed by atoms with E-state index in [2.05, 4.69) is 5.32 Å². The van der Waals surface area contributed by atoms with E-state index in [0.717, 1.165) is 12.0 Å². The lowest BCUT2D eigenvalue weighted by atomic mass is 10.1. The lowest BCUT2D eigenvalue weighted by Gasteiger charge is -2.33. The second kappa shape index (κ2) is 13.2. The number of rotatable bonds is 13. The van der Waals surface area contributed by atoms with Gasteiger partial charge in [-0.05, 0) is 43.5 Å². The van der Waals surface area contributed by atoms with Crippen LogP contribution in [0.15, 0.2) is 29.3 Å². The fraction of sp³-hybridized carbons (Fsp3) is 0.538. The first kappa shape index (κ1) is 29.6. The topological polar surface area (TPSA) is 147 Å². The molecule has 1 aromatic heterocycles. The molecule has 0 bridgehead atoms. The normalized spacial score (nSPS) is 14.9. The summed E-state index contributed by atoms with van der Waals surface area (Å²) in [6.45, 7) is 8.74. The molecule has 4 N–H and O–H groups in total. The molecule has 210 valence electrons. The average molecular weight is 550 g/mol. The van der Waals surface area contributed by atoms with E-state index in [9.17, 15) is 18.0 Å². The summed E-state index contributed by atoms with van der Waals surface area (Å²) in [6, 6.07) is 4.27. The molecule has 1 fully saturated rings. The van der Waals surface area contributed by atoms with Crippen LogP contribution in [0.1, 0.15) is 60.0 Å². The zero-order valence-corrected chi connectivity index (χ0v) is 23.2. The second-order valence-corrected chi connectivity index (χ2v) is 11.1. The number of nitrogens with zero attached hydrogens (tertiary/aromatic N) is 3. The molecule has 11 nitrogen and oxygen atoms in total. The van der Waals surface area contributed by atoms with E-state index in [1.165, 1.54) is 22.5 Å². The van der Waals surface area contributed by atoms with Gasteiger partial charge in [0.25, 0.3) is 11.8 Å². The highest BCUT2D eigenvalue weighted by Gasteiger charge is 2.30. The van der Waals surface area contributed by atoms with E-state index in [4.69, 9.17) is 15.6 Å². The van der Waals surface area contributed by atoms with Crippen LogP contribution in [0.5, 0.6) is 5.75 Å². The molecule has 1 saturated heterocycles. The number of aryl methyl sites for hydroxylation is 2. The van der Waals surface area contributed by atoms with Crippen molar-refractivity contribution >= 4 is 27.5 Å². The molecule has 0 unspecified atom stereocenters. The van der Waals surface area contributed by atoms with E-state index in [1.54, 1.807) is 4.57 Å². The second-order valence-electron chi connectivity index (χ2n) is 9.21. The molecule has 0 radical (unpaired) electrons. The number of aliphatic hydroxyl groups excluding tert-OH is 1. The Morgan fingerprint density at radius 2 is 1.82 bits per heavy atom. The van der Waals surface area contributed by atoms with Gasteiger partial charge in [-0.2, -0.15) is 4.31 Å². The number of hydrogen-bond donors (Lipinski definition) is 3. The quantitative estimate of drug-likeness (QED) is 0.346. The van der Waals surface area contributed by atoms with Crippen molar-refractivity contribution in [2.24, 2.45) is 5.73 Å². The van der Waals surface area contributed by atoms with Crippen molar-refractivity contribution in [2.45, 2.75) is 51.5 Å². The predicted octanol–water partition coefficient (Wildman–Crippen LogP) is 1.90. The van der Waals surface area contributed by atoms with Crippen molar-refractivity contribution in [3.63, 3.8) is 0 Å². The van der Waals surface area contributed by atoms with Crippen LogP contribution in [0, 0.1) is 0 Å². The first-order valence-corrected chi connectivity index (χ1v) is 14.5. The van der Waals surface area contributed by atoms with Crippen LogP contribution in [-0.4, -0.2) is 85.0 Å². The first-order chi connectivity index (χ1) is 18.2. The van der Waals surface area contributed by atoms with Crippen LogP contribution in [-0.2, 0) is 23.0 Å². The molecule has 1 aliphatic heterocycles. The molecule has 0 atom stereocenters. The summed E-state index contributed by atoms with van der Waals surface area (Å²) in [5, 5.41) is 12.0. The van der Waals surface area contributed by atoms with Gasteiger partial charge in [0.05, 0.1) is 29.4 Å². The molecular weight excluding hydrogens is 510 g/mol. The summed E-state index contributed by atoms with van der Waals surface area (Å²) in [6.07, 6.45) is 3.92. The van der Waals surface area contributed by atoms with E-state index in [-0.39, 0.29) is 41.6 Å². The minimum atomic E-state index is -3.87. The molecule has 2 aromatic rings. The van der Waals surface area contributed by atoms with Crippen LogP contribution < -0.4 is 15.8 Å². The van der Waals surface area contributed by atoms with Crippen molar-refractivity contribution in [1.29, 1.82) is 0 Å². The Bertz CT molecular complexity index is 1230. The molecule has 3 rings (SSSR count). The minimum absolute atomic E-state index is 0.0165. The number of amides is 2. The number of hydrogen-bond acceptors (Lipinski definition) is 7. The first-order valence-electron chi connectivity index (χ1n) is 13.1. The van der Waals surface area contributed by atoms with Crippen molar-refractivity contribution < 1.29 is 27.9 Å². The summed E-state index contributed by atoms with van der Waals surface area (Å²) in [7, 11) is -3.87. The standard InChI is InChI=1S/C26H39N5O6S/c1-4-7-19-18-30(6-3)24(25(27)33)23(19)28-26(34)21-17-20(8-9-22(21)37-16-5-2)38(35,36)31-12-10-29(11-13-31)14-15-32/h8-9,17-18,32H,4-7,10-16H2,1-3H3,(H2,27,33)(H,28,34). The van der Waals surface area contributed by atoms with E-state index in [1.807, 2.05) is 31.9 Å². The van der Waals surface area contributed by atoms with Gasteiger partial charge in [0.15, 0.2) is 0 Å². The third-order valence-electron chi connectivity index (χ3n) is 6.53. The maximum absolute atomic E-state index is 13.6. The Labute approximate surface area is 224 Å². The highest BCUT2D eigenvalue weighted by molar-refractivity contribution is 7.89. The summed E-state index contributed by atoms with van der Waals surface area (Å²) >= 11 is 0. The fourth-order valence-corrected chi connectivity index (χ4v) is 6.02. The number of primary amides is 1. The van der Waals surface area contributed by atoms with E-state index < -0.39 is 21.8 Å². The molecule has 2 heterocycles. The van der Waals surface area contributed by atoms with Gasteiger partial charge in [-0.15, -0.1) is 0 Å². The number of aromatic nitrogens is 1. The molecule has 38 heavy (non-hydrogen) atoms. The van der Waals surface area contributed by atoms with Crippen molar-refractivity contribution in [3.05, 3.63) is 41.2 Å². The molecule has 1 aromatic carbocycles. The summed E-state index contributed by atoms with van der Waals surface area (Å²) in [5.74, 6) is -0.998. The number of nitrogens with one attached hydrogen (secondary N) is 1. The third-order valence-corrected chi connectivity index (χ3v) is 8.43. The zero-order chi connectivity index (χ0) is 27.9. The lowest BCUT2D eigenvalue weighted by Crippen LogP contribution is -2.49. The zero-order valence-electron chi connectivity index (χ0n) is 22.4. The molecule has 1 aliphatic rings. The summed E-state index contributed by atoms with van der Waals surface area (Å²) in [4.78, 5) is 27.9. The van der Waals surface area contributed by atoms with Gasteiger partial charge < -0.3 is 25.5 Å². The van der Waals surface area contributed by atoms with Gasteiger partial charge >= 0.3 is 0 Å². The smallest absolute Gasteiger partial charge is 0.267 e. The number of carbonyl (C=O) groups excluding carboxylic acids is 2. The fourth-order valence-electron chi connectivity index (χ4n) is 4.58. The average Bonchev–Trinajstić information content (AvgIpc) is 3.25. The van der Waals surface area contributed by atoms with E-state index in [0.29, 0.717) is 51.3 Å². The molecular formula is C26H39N5O6S. The van der Waals surface area contributed by atoms with Crippen LogP contribution >= 0.6 is 0 Å². The predicted molar refractivity (Wildman–Crippen MR) is 145 cm³/mol. The highest BCUT2D eigenvalue weighted by atomic mass is 32.2. The molecule has 0 aliphatic carbocycles. The number of aliphatic hydroxyl groups is 1.